The van der Waals surface area contributed by atoms with Gasteiger partial charge in [-0.05, 0) is 0 Å². The Labute approximate surface area is 127 Å². The summed E-state index contributed by atoms with van der Waals surface area (Å²) in [6.45, 7) is 0. The van der Waals surface area contributed by atoms with E-state index in [0.717, 1.165) is 0 Å². The maximum atomic E-state index is 12.0. The predicted octanol–water partition coefficient (Wildman–Crippen LogP) is -0.922. The van der Waals surface area contributed by atoms with Gasteiger partial charge in [0.2, 0.25) is 0 Å². The van der Waals surface area contributed by atoms with Gasteiger partial charge in [0.05, 0.1) is 0 Å². The monoisotopic (exact) mass is 381 g/mol. The van der Waals surface area contributed by atoms with E-state index in [0.29, 0.717) is 16.9 Å². The molecule has 5 heteroatoms. The molecule has 4 nitrogen and oxygen atoms in total. The van der Waals surface area contributed by atoms with Crippen molar-refractivity contribution in [2.45, 2.75) is 0 Å². The number of benzene rings is 2. The van der Waals surface area contributed by atoms with Crippen molar-refractivity contribution in [2.75, 3.05) is 4.93 Å². The number of amidine groups is 1. The fourth-order valence-corrected chi connectivity index (χ4v) is 2.66. The maximum absolute atomic E-state index is 12.0. The Hall–Kier alpha value is -1.89. The third kappa shape index (κ3) is 3.57. The van der Waals surface area contributed by atoms with E-state index in [9.17, 15) is 4.79 Å². The number of halogens is 1. The summed E-state index contributed by atoms with van der Waals surface area (Å²) < 4.78 is 6.55. The van der Waals surface area contributed by atoms with Gasteiger partial charge >= 0.3 is 128 Å². The van der Waals surface area contributed by atoms with Gasteiger partial charge in [-0.3, -0.25) is 0 Å². The van der Waals surface area contributed by atoms with Crippen LogP contribution in [0.3, 0.4) is 0 Å². The van der Waals surface area contributed by atoms with Crippen molar-refractivity contribution in [3.8, 4) is 5.75 Å². The molecule has 2 aromatic carbocycles. The van der Waals surface area contributed by atoms with Gasteiger partial charge < -0.3 is 0 Å². The molecule has 0 heterocycles. The fourth-order valence-electron chi connectivity index (χ4n) is 1.58. The van der Waals surface area contributed by atoms with E-state index >= 15 is 0 Å². The molecule has 2 aromatic rings. The van der Waals surface area contributed by atoms with Crippen LogP contribution in [-0.4, -0.2) is 16.7 Å². The summed E-state index contributed by atoms with van der Waals surface area (Å²) in [4.78, 5) is 14.1. The molecule has 0 saturated heterocycles. The molecule has 0 amide bonds. The van der Waals surface area contributed by atoms with Gasteiger partial charge in [0, 0.05) is 0 Å². The fraction of sp³-hybridized carbons (Fsp3) is 0.0667. The first-order valence-corrected chi connectivity index (χ1v) is 9.10. The number of nitrogens with one attached hydrogen (secondary N) is 1. The molecule has 0 atom stereocenters. The molecule has 3 N–H and O–H groups in total. The van der Waals surface area contributed by atoms with Crippen molar-refractivity contribution in [2.24, 2.45) is 5.73 Å². The average Bonchev–Trinajstić information content (AvgIpc) is 2.48. The summed E-state index contributed by atoms with van der Waals surface area (Å²) in [6, 6.07) is 14.0. The Kier molecular flexibility index (Phi) is 4.73. The van der Waals surface area contributed by atoms with E-state index in [4.69, 9.17) is 15.9 Å². The number of hydrogen-bond acceptors (Lipinski definition) is 3. The van der Waals surface area contributed by atoms with Crippen molar-refractivity contribution in [3.05, 3.63) is 63.2 Å². The van der Waals surface area contributed by atoms with Gasteiger partial charge in [-0.2, -0.15) is 0 Å². The van der Waals surface area contributed by atoms with Crippen molar-refractivity contribution in [1.82, 2.24) is 0 Å². The molecular formula is C15H14IN2O2-. The Bertz CT molecular complexity index is 621. The third-order valence-corrected chi connectivity index (χ3v) is 4.64. The van der Waals surface area contributed by atoms with E-state index in [1.807, 2.05) is 12.1 Å². The summed E-state index contributed by atoms with van der Waals surface area (Å²) in [5.41, 5.74) is 6.49. The standard InChI is InChI=1S/C15H14IN2O2/c1-16-12-6-2-11(3-7-12)15(19)20-13-8-4-10(5-9-13)14(17)18/h2-9H,1H3,(H3,17,18)/q-1. The summed E-state index contributed by atoms with van der Waals surface area (Å²) in [7, 11) is 0. The molecule has 104 valence electrons. The van der Waals surface area contributed by atoms with Gasteiger partial charge in [-0.25, -0.2) is 0 Å². The van der Waals surface area contributed by atoms with E-state index in [1.54, 1.807) is 36.4 Å². The number of esters is 1. The predicted molar refractivity (Wildman–Crippen MR) is 73.5 cm³/mol. The number of nitrogens with two attached hydrogens (primary N) is 1. The van der Waals surface area contributed by atoms with Gasteiger partial charge in [0.15, 0.2) is 0 Å². The van der Waals surface area contributed by atoms with Crippen molar-refractivity contribution >= 4 is 11.8 Å². The van der Waals surface area contributed by atoms with Crippen LogP contribution in [0.15, 0.2) is 48.5 Å². The molecule has 0 radical (unpaired) electrons. The quantitative estimate of drug-likeness (QED) is 0.180. The number of nitrogen functional groups attached to an aromatic ring is 1. The summed E-state index contributed by atoms with van der Waals surface area (Å²) in [5.74, 6) is 0.0368. The van der Waals surface area contributed by atoms with Crippen LogP contribution < -0.4 is 31.7 Å². The normalized spacial score (nSPS) is 10.2. The number of carbonyl (C=O) groups is 1. The van der Waals surface area contributed by atoms with Crippen LogP contribution in [0.25, 0.3) is 0 Å². The van der Waals surface area contributed by atoms with Crippen LogP contribution in [0.2, 0.25) is 0 Å². The number of hydrogen-bond donors (Lipinski definition) is 2. The van der Waals surface area contributed by atoms with Gasteiger partial charge in [0.25, 0.3) is 0 Å². The minimum atomic E-state index is -0.388. The Morgan fingerprint density at radius 2 is 1.60 bits per heavy atom. The first-order chi connectivity index (χ1) is 9.60. The van der Waals surface area contributed by atoms with Crippen LogP contribution >= 0.6 is 0 Å². The first kappa shape index (κ1) is 14.5. The molecule has 0 aromatic heterocycles. The van der Waals surface area contributed by atoms with Crippen molar-refractivity contribution in [1.29, 1.82) is 5.41 Å². The van der Waals surface area contributed by atoms with Crippen LogP contribution in [0.5, 0.6) is 5.75 Å². The third-order valence-electron chi connectivity index (χ3n) is 2.67. The molecule has 0 unspecified atom stereocenters. The van der Waals surface area contributed by atoms with Gasteiger partial charge in [-0.15, -0.1) is 0 Å². The molecule has 0 aliphatic rings. The number of alkyl halides is 1. The van der Waals surface area contributed by atoms with Crippen LogP contribution in [-0.2, 0) is 0 Å². The van der Waals surface area contributed by atoms with Gasteiger partial charge in [0.1, 0.15) is 0 Å². The molecular weight excluding hydrogens is 367 g/mol. The van der Waals surface area contributed by atoms with Crippen LogP contribution in [0, 0.1) is 8.98 Å². The second-order valence-corrected chi connectivity index (χ2v) is 6.35. The summed E-state index contributed by atoms with van der Waals surface area (Å²) in [6.07, 6.45) is 0. The van der Waals surface area contributed by atoms with E-state index in [2.05, 4.69) is 4.93 Å². The second kappa shape index (κ2) is 6.51. The molecule has 20 heavy (non-hydrogen) atoms. The molecule has 0 saturated carbocycles. The average molecular weight is 381 g/mol. The molecule has 0 aliphatic heterocycles. The van der Waals surface area contributed by atoms with E-state index < -0.39 is 0 Å². The van der Waals surface area contributed by atoms with E-state index in [-0.39, 0.29) is 33.0 Å². The molecule has 0 spiro atoms. The Balaban J connectivity index is 2.08. The number of rotatable bonds is 4. The Morgan fingerprint density at radius 1 is 1.05 bits per heavy atom. The van der Waals surface area contributed by atoms with E-state index in [1.165, 1.54) is 3.57 Å². The molecule has 0 fully saturated rings. The second-order valence-electron chi connectivity index (χ2n) is 4.02. The van der Waals surface area contributed by atoms with Crippen LogP contribution in [0.1, 0.15) is 15.9 Å². The zero-order valence-electron chi connectivity index (χ0n) is 10.9. The van der Waals surface area contributed by atoms with Crippen molar-refractivity contribution in [3.63, 3.8) is 0 Å². The zero-order chi connectivity index (χ0) is 14.5. The Morgan fingerprint density at radius 3 is 2.10 bits per heavy atom. The summed E-state index contributed by atoms with van der Waals surface area (Å²) >= 11 is 0.0334. The minimum absolute atomic E-state index is 0.0127. The topological polar surface area (TPSA) is 76.2 Å². The van der Waals surface area contributed by atoms with Gasteiger partial charge in [-0.1, -0.05) is 0 Å². The van der Waals surface area contributed by atoms with Crippen LogP contribution in [0.4, 0.5) is 0 Å². The SMILES string of the molecule is C[I-]c1ccc(C(=O)Oc2ccc(C(=N)N)cc2)cc1. The molecule has 0 aliphatic carbocycles. The zero-order valence-corrected chi connectivity index (χ0v) is 13.0. The summed E-state index contributed by atoms with van der Waals surface area (Å²) in [5, 5.41) is 7.29. The number of ether oxygens (including phenoxy) is 1. The molecule has 0 bridgehead atoms. The number of carbonyl (C=O) groups excluding carboxylic acids is 1. The van der Waals surface area contributed by atoms with Crippen molar-refractivity contribution < 1.29 is 30.7 Å². The molecule has 2 rings (SSSR count). The first-order valence-electron chi connectivity index (χ1n) is 5.86.